The molecule has 1 aromatic heterocycles. The first-order chi connectivity index (χ1) is 9.79. The largest absolute Gasteiger partial charge is 0.331 e. The summed E-state index contributed by atoms with van der Waals surface area (Å²) in [4.78, 5) is 4.81. The summed E-state index contributed by atoms with van der Waals surface area (Å²) in [5, 5.41) is 4.25. The van der Waals surface area contributed by atoms with E-state index in [4.69, 9.17) is 4.98 Å². The molecular formula is C16H23N3S. The number of nitrogens with zero attached hydrogens (tertiary/aromatic N) is 2. The van der Waals surface area contributed by atoms with Crippen LogP contribution >= 0.6 is 11.8 Å². The number of thioether (sulfide) groups is 1. The third kappa shape index (κ3) is 2.72. The fourth-order valence-electron chi connectivity index (χ4n) is 3.08. The highest BCUT2D eigenvalue weighted by atomic mass is 32.2. The lowest BCUT2D eigenvalue weighted by atomic mass is 10.0. The van der Waals surface area contributed by atoms with Gasteiger partial charge in [0.1, 0.15) is 5.82 Å². The Morgan fingerprint density at radius 3 is 2.95 bits per heavy atom. The summed E-state index contributed by atoms with van der Waals surface area (Å²) >= 11 is 2.13. The third-order valence-electron chi connectivity index (χ3n) is 4.32. The fraction of sp³-hybridized carbons (Fsp3) is 0.562. The predicted octanol–water partition coefficient (Wildman–Crippen LogP) is 2.99. The van der Waals surface area contributed by atoms with E-state index in [1.165, 1.54) is 36.4 Å². The molecule has 2 heterocycles. The molecule has 0 spiro atoms. The molecule has 1 aliphatic heterocycles. The minimum absolute atomic E-state index is 0.524. The van der Waals surface area contributed by atoms with E-state index >= 15 is 0 Å². The highest BCUT2D eigenvalue weighted by Crippen LogP contribution is 2.29. The third-order valence-corrected chi connectivity index (χ3v) is 5.83. The first-order valence-electron chi connectivity index (χ1n) is 7.49. The number of aryl methyl sites for hydroxylation is 1. The average molecular weight is 289 g/mol. The zero-order valence-electron chi connectivity index (χ0n) is 12.3. The first-order valence-corrected chi connectivity index (χ1v) is 8.53. The zero-order valence-corrected chi connectivity index (χ0v) is 13.1. The number of rotatable bonds is 4. The topological polar surface area (TPSA) is 29.9 Å². The summed E-state index contributed by atoms with van der Waals surface area (Å²) in [5.74, 6) is 2.50. The van der Waals surface area contributed by atoms with E-state index in [-0.39, 0.29) is 0 Å². The van der Waals surface area contributed by atoms with E-state index in [0.29, 0.717) is 6.04 Å². The smallest absolute Gasteiger partial charge is 0.111 e. The number of imidazole rings is 1. The van der Waals surface area contributed by atoms with Crippen molar-refractivity contribution in [3.8, 4) is 0 Å². The molecule has 1 saturated heterocycles. The van der Waals surface area contributed by atoms with Gasteiger partial charge < -0.3 is 9.88 Å². The molecule has 20 heavy (non-hydrogen) atoms. The molecule has 1 aromatic carbocycles. The van der Waals surface area contributed by atoms with Crippen molar-refractivity contribution in [1.82, 2.24) is 14.9 Å². The highest BCUT2D eigenvalue weighted by Gasteiger charge is 2.24. The normalized spacial score (nSPS) is 21.2. The van der Waals surface area contributed by atoms with Gasteiger partial charge in [-0.1, -0.05) is 18.6 Å². The molecule has 0 bridgehead atoms. The van der Waals surface area contributed by atoms with Crippen LogP contribution in [0.25, 0.3) is 11.0 Å². The van der Waals surface area contributed by atoms with Gasteiger partial charge in [-0.3, -0.25) is 0 Å². The molecule has 108 valence electrons. The summed E-state index contributed by atoms with van der Waals surface area (Å²) in [5.41, 5.74) is 2.34. The number of nitrogens with one attached hydrogen (secondary N) is 1. The van der Waals surface area contributed by atoms with E-state index in [0.717, 1.165) is 17.2 Å². The Hall–Kier alpha value is -1.000. The zero-order chi connectivity index (χ0) is 13.9. The van der Waals surface area contributed by atoms with Crippen molar-refractivity contribution >= 4 is 22.8 Å². The molecular weight excluding hydrogens is 266 g/mol. The van der Waals surface area contributed by atoms with Crippen LogP contribution in [-0.4, -0.2) is 33.6 Å². The summed E-state index contributed by atoms with van der Waals surface area (Å²) < 4.78 is 2.24. The van der Waals surface area contributed by atoms with Gasteiger partial charge >= 0.3 is 0 Å². The number of benzene rings is 1. The van der Waals surface area contributed by atoms with Crippen molar-refractivity contribution in [2.24, 2.45) is 7.05 Å². The van der Waals surface area contributed by atoms with Crippen LogP contribution in [0.15, 0.2) is 24.3 Å². The van der Waals surface area contributed by atoms with Crippen molar-refractivity contribution in [2.75, 3.05) is 12.8 Å². The number of aromatic nitrogens is 2. The molecule has 1 aliphatic rings. The molecule has 1 N–H and O–H groups in total. The Labute approximate surface area is 125 Å². The molecule has 3 rings (SSSR count). The average Bonchev–Trinajstić information content (AvgIpc) is 2.82. The van der Waals surface area contributed by atoms with Crippen molar-refractivity contribution in [2.45, 2.75) is 37.0 Å². The van der Waals surface area contributed by atoms with E-state index in [1.807, 2.05) is 0 Å². The summed E-state index contributed by atoms with van der Waals surface area (Å²) in [6, 6.07) is 8.92. The second kappa shape index (κ2) is 6.19. The Morgan fingerprint density at radius 2 is 2.25 bits per heavy atom. The summed E-state index contributed by atoms with van der Waals surface area (Å²) in [6.07, 6.45) is 5.10. The quantitative estimate of drug-likeness (QED) is 0.938. The van der Waals surface area contributed by atoms with Gasteiger partial charge in [0.15, 0.2) is 0 Å². The fourth-order valence-corrected chi connectivity index (χ4v) is 4.55. The van der Waals surface area contributed by atoms with Gasteiger partial charge in [-0.05, 0) is 37.8 Å². The van der Waals surface area contributed by atoms with Crippen molar-refractivity contribution < 1.29 is 0 Å². The highest BCUT2D eigenvalue weighted by molar-refractivity contribution is 8.00. The Bertz CT molecular complexity index is 572. The van der Waals surface area contributed by atoms with Gasteiger partial charge in [0.05, 0.1) is 11.0 Å². The van der Waals surface area contributed by atoms with Gasteiger partial charge in [-0.2, -0.15) is 11.8 Å². The van der Waals surface area contributed by atoms with Crippen LogP contribution in [0.4, 0.5) is 0 Å². The van der Waals surface area contributed by atoms with Crippen LogP contribution in [0.1, 0.15) is 25.1 Å². The van der Waals surface area contributed by atoms with E-state index in [1.54, 1.807) is 0 Å². The van der Waals surface area contributed by atoms with Crippen LogP contribution in [0.2, 0.25) is 0 Å². The molecule has 2 atom stereocenters. The van der Waals surface area contributed by atoms with Crippen LogP contribution in [0, 0.1) is 0 Å². The molecule has 1 fully saturated rings. The molecule has 0 saturated carbocycles. The second-order valence-corrected chi connectivity index (χ2v) is 6.93. The lowest BCUT2D eigenvalue weighted by Gasteiger charge is -2.29. The second-order valence-electron chi connectivity index (χ2n) is 5.58. The molecule has 3 nitrogen and oxygen atoms in total. The number of hydrogen-bond acceptors (Lipinski definition) is 3. The molecule has 4 heteroatoms. The standard InChI is InChI=1S/C16H23N3S/c1-17-13(15-9-5-6-10-20-15)11-16-18-12-7-3-4-8-14(12)19(16)2/h3-4,7-8,13,15,17H,5-6,9-11H2,1-2H3. The number of likely N-dealkylation sites (N-methyl/N-ethyl adjacent to an activating group) is 1. The first kappa shape index (κ1) is 14.0. The van der Waals surface area contributed by atoms with E-state index < -0.39 is 0 Å². The van der Waals surface area contributed by atoms with Gasteiger partial charge in [-0.15, -0.1) is 0 Å². The predicted molar refractivity (Wildman–Crippen MR) is 87.4 cm³/mol. The van der Waals surface area contributed by atoms with Gasteiger partial charge in [0, 0.05) is 24.8 Å². The minimum atomic E-state index is 0.524. The lowest BCUT2D eigenvalue weighted by molar-refractivity contribution is 0.482. The monoisotopic (exact) mass is 289 g/mol. The van der Waals surface area contributed by atoms with Gasteiger partial charge in [0.2, 0.25) is 0 Å². The van der Waals surface area contributed by atoms with Crippen molar-refractivity contribution in [3.05, 3.63) is 30.1 Å². The molecule has 2 aromatic rings. The van der Waals surface area contributed by atoms with Crippen molar-refractivity contribution in [3.63, 3.8) is 0 Å². The maximum absolute atomic E-state index is 4.81. The molecule has 0 radical (unpaired) electrons. The number of hydrogen-bond donors (Lipinski definition) is 1. The minimum Gasteiger partial charge on any atom is -0.331 e. The Morgan fingerprint density at radius 1 is 1.40 bits per heavy atom. The molecule has 0 amide bonds. The van der Waals surface area contributed by atoms with Gasteiger partial charge in [-0.25, -0.2) is 4.98 Å². The maximum atomic E-state index is 4.81. The Kier molecular flexibility index (Phi) is 4.32. The van der Waals surface area contributed by atoms with Crippen LogP contribution in [0.3, 0.4) is 0 Å². The Balaban J connectivity index is 1.81. The summed E-state index contributed by atoms with van der Waals surface area (Å²) in [7, 11) is 4.22. The maximum Gasteiger partial charge on any atom is 0.111 e. The summed E-state index contributed by atoms with van der Waals surface area (Å²) in [6.45, 7) is 0. The molecule has 0 aliphatic carbocycles. The van der Waals surface area contributed by atoms with Crippen LogP contribution in [0.5, 0.6) is 0 Å². The number of para-hydroxylation sites is 2. The van der Waals surface area contributed by atoms with E-state index in [2.05, 4.69) is 60.0 Å². The SMILES string of the molecule is CNC(Cc1nc2ccccc2n1C)C1CCCCS1. The van der Waals surface area contributed by atoms with Crippen LogP contribution in [-0.2, 0) is 13.5 Å². The van der Waals surface area contributed by atoms with Crippen LogP contribution < -0.4 is 5.32 Å². The molecule has 2 unspecified atom stereocenters. The van der Waals surface area contributed by atoms with Gasteiger partial charge in [0.25, 0.3) is 0 Å². The van der Waals surface area contributed by atoms with E-state index in [9.17, 15) is 0 Å². The lowest BCUT2D eigenvalue weighted by Crippen LogP contribution is -2.39. The van der Waals surface area contributed by atoms with Crippen molar-refractivity contribution in [1.29, 1.82) is 0 Å². The number of fused-ring (bicyclic) bond motifs is 1.